The average molecular weight is 228 g/mol. The molecule has 0 aromatic heterocycles. The Labute approximate surface area is 100 Å². The highest BCUT2D eigenvalue weighted by Crippen LogP contribution is 2.23. The van der Waals surface area contributed by atoms with Crippen LogP contribution in [0.3, 0.4) is 0 Å². The molecule has 0 aliphatic carbocycles. The Morgan fingerprint density at radius 1 is 0.941 bits per heavy atom. The highest BCUT2D eigenvalue weighted by atomic mass is 16.5. The van der Waals surface area contributed by atoms with E-state index in [4.69, 9.17) is 15.6 Å². The van der Waals surface area contributed by atoms with Crippen LogP contribution in [0.25, 0.3) is 0 Å². The smallest absolute Gasteiger partial charge is 0.127 e. The molecule has 2 aromatic carbocycles. The molecular formula is C14H14NO2. The van der Waals surface area contributed by atoms with Crippen LogP contribution in [0.5, 0.6) is 17.2 Å². The number of nitrogens with two attached hydrogens (primary N) is 1. The highest BCUT2D eigenvalue weighted by molar-refractivity contribution is 5.35. The zero-order valence-corrected chi connectivity index (χ0v) is 9.34. The minimum Gasteiger partial charge on any atom is -0.508 e. The molecule has 0 saturated heterocycles. The number of hydrogen-bond donors (Lipinski definition) is 2. The molecule has 3 nitrogen and oxygen atoms in total. The van der Waals surface area contributed by atoms with E-state index in [2.05, 4.69) is 0 Å². The van der Waals surface area contributed by atoms with Gasteiger partial charge in [-0.1, -0.05) is 12.1 Å². The lowest BCUT2D eigenvalue weighted by Gasteiger charge is -2.06. The molecule has 87 valence electrons. The monoisotopic (exact) mass is 228 g/mol. The molecule has 17 heavy (non-hydrogen) atoms. The van der Waals surface area contributed by atoms with Crippen LogP contribution in [0.2, 0.25) is 0 Å². The third kappa shape index (κ3) is 3.23. The topological polar surface area (TPSA) is 55.5 Å². The largest absolute Gasteiger partial charge is 0.508 e. The maximum Gasteiger partial charge on any atom is 0.127 e. The van der Waals surface area contributed by atoms with E-state index in [0.29, 0.717) is 5.75 Å². The highest BCUT2D eigenvalue weighted by Gasteiger charge is 1.98. The first-order valence-electron chi connectivity index (χ1n) is 5.37. The number of ether oxygens (including phenoxy) is 1. The fourth-order valence-electron chi connectivity index (χ4n) is 1.48. The Hall–Kier alpha value is -2.00. The molecule has 0 amide bonds. The second-order valence-corrected chi connectivity index (χ2v) is 3.68. The van der Waals surface area contributed by atoms with Gasteiger partial charge in [-0.15, -0.1) is 0 Å². The standard InChI is InChI=1S/C14H14NO2/c15-10-9-11-1-5-13(6-2-11)17-14-7-3-12(16)4-8-14/h1-8,10,16H,9,15H2. The van der Waals surface area contributed by atoms with Crippen molar-refractivity contribution in [2.24, 2.45) is 5.73 Å². The van der Waals surface area contributed by atoms with Gasteiger partial charge in [0.25, 0.3) is 0 Å². The minimum absolute atomic E-state index is 0.228. The molecular weight excluding hydrogens is 214 g/mol. The van der Waals surface area contributed by atoms with Crippen LogP contribution in [0.1, 0.15) is 5.56 Å². The summed E-state index contributed by atoms with van der Waals surface area (Å²) < 4.78 is 5.61. The van der Waals surface area contributed by atoms with Crippen molar-refractivity contribution in [1.82, 2.24) is 0 Å². The summed E-state index contributed by atoms with van der Waals surface area (Å²) in [5.41, 5.74) is 6.50. The Morgan fingerprint density at radius 3 is 2.00 bits per heavy atom. The van der Waals surface area contributed by atoms with Gasteiger partial charge in [-0.2, -0.15) is 0 Å². The van der Waals surface area contributed by atoms with Crippen molar-refractivity contribution in [3.05, 3.63) is 60.6 Å². The van der Waals surface area contributed by atoms with Gasteiger partial charge in [0.2, 0.25) is 0 Å². The van der Waals surface area contributed by atoms with Gasteiger partial charge in [0, 0.05) is 6.54 Å². The molecule has 3 heteroatoms. The molecule has 0 saturated carbocycles. The number of phenols is 1. The van der Waals surface area contributed by atoms with E-state index in [9.17, 15) is 0 Å². The molecule has 0 heterocycles. The number of phenolic OH excluding ortho intramolecular Hbond substituents is 1. The fraction of sp³-hybridized carbons (Fsp3) is 0.0714. The van der Waals surface area contributed by atoms with Crippen molar-refractivity contribution in [2.75, 3.05) is 0 Å². The van der Waals surface area contributed by atoms with Gasteiger partial charge >= 0.3 is 0 Å². The van der Waals surface area contributed by atoms with Crippen molar-refractivity contribution in [3.8, 4) is 17.2 Å². The first kappa shape index (κ1) is 11.5. The first-order valence-corrected chi connectivity index (χ1v) is 5.37. The molecule has 2 rings (SSSR count). The van der Waals surface area contributed by atoms with Crippen LogP contribution in [-0.2, 0) is 6.42 Å². The molecule has 0 aliphatic rings. The number of rotatable bonds is 4. The first-order chi connectivity index (χ1) is 8.28. The quantitative estimate of drug-likeness (QED) is 0.846. The van der Waals surface area contributed by atoms with Gasteiger partial charge in [-0.05, 0) is 48.4 Å². The van der Waals surface area contributed by atoms with Crippen LogP contribution < -0.4 is 10.5 Å². The summed E-state index contributed by atoms with van der Waals surface area (Å²) in [5, 5.41) is 9.15. The summed E-state index contributed by atoms with van der Waals surface area (Å²) in [6.07, 6.45) is 0.749. The summed E-state index contributed by atoms with van der Waals surface area (Å²) in [4.78, 5) is 0. The van der Waals surface area contributed by atoms with Gasteiger partial charge in [-0.3, -0.25) is 0 Å². The minimum atomic E-state index is 0.228. The van der Waals surface area contributed by atoms with Crippen molar-refractivity contribution < 1.29 is 9.84 Å². The molecule has 0 spiro atoms. The van der Waals surface area contributed by atoms with Crippen LogP contribution in [0.4, 0.5) is 0 Å². The predicted octanol–water partition coefficient (Wildman–Crippen LogP) is 2.85. The lowest BCUT2D eigenvalue weighted by molar-refractivity contribution is 0.464. The zero-order valence-electron chi connectivity index (χ0n) is 9.34. The lowest BCUT2D eigenvalue weighted by Crippen LogP contribution is -1.94. The molecule has 0 atom stereocenters. The maximum absolute atomic E-state index is 9.15. The Morgan fingerprint density at radius 2 is 1.47 bits per heavy atom. The summed E-state index contributed by atoms with van der Waals surface area (Å²) in [5.74, 6) is 1.68. The van der Waals surface area contributed by atoms with Crippen LogP contribution in [-0.4, -0.2) is 5.11 Å². The summed E-state index contributed by atoms with van der Waals surface area (Å²) in [7, 11) is 0. The SMILES string of the molecule is N[CH]Cc1ccc(Oc2ccc(O)cc2)cc1. The second-order valence-electron chi connectivity index (χ2n) is 3.68. The molecule has 0 bridgehead atoms. The molecule has 0 aliphatic heterocycles. The summed E-state index contributed by atoms with van der Waals surface area (Å²) in [6, 6.07) is 14.4. The third-order valence-electron chi connectivity index (χ3n) is 2.35. The van der Waals surface area contributed by atoms with Gasteiger partial charge in [0.05, 0.1) is 0 Å². The van der Waals surface area contributed by atoms with Crippen LogP contribution in [0.15, 0.2) is 48.5 Å². The molecule has 0 unspecified atom stereocenters. The van der Waals surface area contributed by atoms with E-state index < -0.39 is 0 Å². The van der Waals surface area contributed by atoms with Crippen LogP contribution in [0, 0.1) is 6.54 Å². The van der Waals surface area contributed by atoms with E-state index in [1.54, 1.807) is 30.8 Å². The maximum atomic E-state index is 9.15. The summed E-state index contributed by atoms with van der Waals surface area (Å²) >= 11 is 0. The average Bonchev–Trinajstić information content (AvgIpc) is 2.35. The fourth-order valence-corrected chi connectivity index (χ4v) is 1.48. The van der Waals surface area contributed by atoms with Crippen LogP contribution >= 0.6 is 0 Å². The summed E-state index contributed by atoms with van der Waals surface area (Å²) in [6.45, 7) is 1.62. The van der Waals surface area contributed by atoms with E-state index in [1.165, 1.54) is 0 Å². The van der Waals surface area contributed by atoms with Crippen molar-refractivity contribution >= 4 is 0 Å². The van der Waals surface area contributed by atoms with Gasteiger partial charge in [0.1, 0.15) is 17.2 Å². The Kier molecular flexibility index (Phi) is 3.62. The Bertz CT molecular complexity index is 463. The third-order valence-corrected chi connectivity index (χ3v) is 2.35. The van der Waals surface area contributed by atoms with Crippen molar-refractivity contribution in [1.29, 1.82) is 0 Å². The van der Waals surface area contributed by atoms with E-state index in [1.807, 2.05) is 24.3 Å². The normalized spacial score (nSPS) is 10.2. The molecule has 3 N–H and O–H groups in total. The van der Waals surface area contributed by atoms with E-state index in [0.717, 1.165) is 17.7 Å². The second kappa shape index (κ2) is 5.37. The molecule has 1 radical (unpaired) electrons. The number of aromatic hydroxyl groups is 1. The Balaban J connectivity index is 2.05. The number of hydrogen-bond acceptors (Lipinski definition) is 3. The van der Waals surface area contributed by atoms with Gasteiger partial charge < -0.3 is 15.6 Å². The lowest BCUT2D eigenvalue weighted by atomic mass is 10.1. The van der Waals surface area contributed by atoms with E-state index >= 15 is 0 Å². The molecule has 0 fully saturated rings. The van der Waals surface area contributed by atoms with Gasteiger partial charge in [0.15, 0.2) is 0 Å². The van der Waals surface area contributed by atoms with Gasteiger partial charge in [-0.25, -0.2) is 0 Å². The zero-order chi connectivity index (χ0) is 12.1. The number of benzene rings is 2. The van der Waals surface area contributed by atoms with E-state index in [-0.39, 0.29) is 5.75 Å². The van der Waals surface area contributed by atoms with Crippen molar-refractivity contribution in [2.45, 2.75) is 6.42 Å². The predicted molar refractivity (Wildman–Crippen MR) is 66.8 cm³/mol. The molecule has 2 aromatic rings. The van der Waals surface area contributed by atoms with Crippen molar-refractivity contribution in [3.63, 3.8) is 0 Å².